The zero-order chi connectivity index (χ0) is 21.0. The van der Waals surface area contributed by atoms with Gasteiger partial charge in [0.1, 0.15) is 5.75 Å². The summed E-state index contributed by atoms with van der Waals surface area (Å²) in [5.41, 5.74) is 0.891. The fraction of sp³-hybridized carbons (Fsp3) is 0.200. The number of hydrogen-bond donors (Lipinski definition) is 2. The lowest BCUT2D eigenvalue weighted by molar-refractivity contribution is -0.384. The predicted molar refractivity (Wildman–Crippen MR) is 111 cm³/mol. The van der Waals surface area contributed by atoms with Crippen LogP contribution in [0.1, 0.15) is 22.3 Å². The van der Waals surface area contributed by atoms with Gasteiger partial charge in [0.2, 0.25) is 0 Å². The second-order valence-electron chi connectivity index (χ2n) is 6.37. The second-order valence-corrected chi connectivity index (χ2v) is 7.54. The molecule has 0 heterocycles. The Morgan fingerprint density at radius 2 is 1.86 bits per heavy atom. The van der Waals surface area contributed by atoms with Crippen LogP contribution < -0.4 is 15.4 Å². The molecule has 0 bridgehead atoms. The van der Waals surface area contributed by atoms with Crippen molar-refractivity contribution in [2.45, 2.75) is 17.3 Å². The number of methoxy groups -OCH3 is 1. The van der Waals surface area contributed by atoms with Gasteiger partial charge in [-0.2, -0.15) is 0 Å². The van der Waals surface area contributed by atoms with Crippen LogP contribution in [0, 0.1) is 10.1 Å². The molecule has 0 spiro atoms. The van der Waals surface area contributed by atoms with Crippen LogP contribution in [0.15, 0.2) is 54.7 Å². The van der Waals surface area contributed by atoms with E-state index in [1.165, 1.54) is 37.6 Å². The minimum atomic E-state index is -0.541. The van der Waals surface area contributed by atoms with Crippen molar-refractivity contribution in [1.82, 2.24) is 10.6 Å². The van der Waals surface area contributed by atoms with Crippen LogP contribution in [-0.4, -0.2) is 34.7 Å². The number of hydrogen-bond acceptors (Lipinski definition) is 5. The molecule has 0 radical (unpaired) electrons. The number of rotatable bonds is 7. The van der Waals surface area contributed by atoms with E-state index in [0.29, 0.717) is 11.3 Å². The van der Waals surface area contributed by atoms with Crippen LogP contribution in [0.3, 0.4) is 0 Å². The summed E-state index contributed by atoms with van der Waals surface area (Å²) in [7, 11) is 1.50. The molecule has 8 nitrogen and oxygen atoms in total. The largest absolute Gasteiger partial charge is 0.496 e. The second kappa shape index (κ2) is 8.87. The molecule has 0 aromatic heterocycles. The molecule has 2 amide bonds. The molecule has 2 N–H and O–H groups in total. The highest BCUT2D eigenvalue weighted by atomic mass is 79.9. The van der Waals surface area contributed by atoms with Crippen molar-refractivity contribution in [3.8, 4) is 5.75 Å². The predicted octanol–water partition coefficient (Wildman–Crippen LogP) is 3.03. The molecular weight excluding hydrogens is 442 g/mol. The number of benzene rings is 2. The van der Waals surface area contributed by atoms with E-state index in [1.807, 2.05) is 0 Å². The number of non-ortho nitro benzene ring substituents is 1. The number of alkyl halides is 1. The number of para-hydroxylation sites is 1. The highest BCUT2D eigenvalue weighted by molar-refractivity contribution is 9.09. The number of ether oxygens (including phenoxy) is 1. The van der Waals surface area contributed by atoms with Crippen molar-refractivity contribution in [1.29, 1.82) is 0 Å². The van der Waals surface area contributed by atoms with Crippen molar-refractivity contribution in [2.24, 2.45) is 0 Å². The Hall–Kier alpha value is -3.20. The van der Waals surface area contributed by atoms with Crippen molar-refractivity contribution < 1.29 is 19.2 Å². The van der Waals surface area contributed by atoms with Gasteiger partial charge in [0.15, 0.2) is 0 Å². The van der Waals surface area contributed by atoms with Crippen molar-refractivity contribution in [3.63, 3.8) is 0 Å². The van der Waals surface area contributed by atoms with Gasteiger partial charge in [-0.25, -0.2) is 0 Å². The maximum atomic E-state index is 12.8. The first kappa shape index (κ1) is 20.5. The van der Waals surface area contributed by atoms with Crippen LogP contribution in [-0.2, 0) is 4.79 Å². The summed E-state index contributed by atoms with van der Waals surface area (Å²) < 4.78 is 5.34. The number of nitrogens with one attached hydrogen (secondary N) is 2. The highest BCUT2D eigenvalue weighted by Crippen LogP contribution is 2.31. The summed E-state index contributed by atoms with van der Waals surface area (Å²) in [6.07, 6.45) is 2.16. The molecule has 0 saturated heterocycles. The molecule has 2 atom stereocenters. The van der Waals surface area contributed by atoms with Gasteiger partial charge in [-0.3, -0.25) is 19.7 Å². The van der Waals surface area contributed by atoms with Gasteiger partial charge in [0, 0.05) is 40.3 Å². The lowest BCUT2D eigenvalue weighted by Crippen LogP contribution is -2.29. The fourth-order valence-corrected chi connectivity index (χ4v) is 3.18. The van der Waals surface area contributed by atoms with Gasteiger partial charge in [-0.1, -0.05) is 34.1 Å². The molecule has 29 heavy (non-hydrogen) atoms. The minimum absolute atomic E-state index is 0.0333. The Balaban J connectivity index is 1.84. The van der Waals surface area contributed by atoms with E-state index in [-0.39, 0.29) is 33.6 Å². The third-order valence-corrected chi connectivity index (χ3v) is 5.37. The van der Waals surface area contributed by atoms with Crippen LogP contribution >= 0.6 is 15.9 Å². The van der Waals surface area contributed by atoms with Gasteiger partial charge in [0.05, 0.1) is 17.6 Å². The van der Waals surface area contributed by atoms with Gasteiger partial charge < -0.3 is 15.4 Å². The maximum absolute atomic E-state index is 12.8. The third-order valence-electron chi connectivity index (χ3n) is 4.36. The molecule has 9 heteroatoms. The van der Waals surface area contributed by atoms with Gasteiger partial charge >= 0.3 is 0 Å². The molecule has 0 aliphatic heterocycles. The van der Waals surface area contributed by atoms with Crippen molar-refractivity contribution in [3.05, 3.63) is 76.0 Å². The number of nitro benzene ring substituents is 1. The van der Waals surface area contributed by atoms with E-state index in [9.17, 15) is 19.7 Å². The maximum Gasteiger partial charge on any atom is 0.269 e. The SMILES string of the molecule is COc1ccccc1C(=CNC(=O)c1ccc([N+](=O)[O-])cc1)C(=O)NC1CC1Br. The van der Waals surface area contributed by atoms with E-state index < -0.39 is 10.8 Å². The van der Waals surface area contributed by atoms with E-state index in [2.05, 4.69) is 26.6 Å². The number of nitrogens with zero attached hydrogens (tertiary/aromatic N) is 1. The Kier molecular flexibility index (Phi) is 6.28. The van der Waals surface area contributed by atoms with Gasteiger partial charge in [-0.05, 0) is 24.6 Å². The summed E-state index contributed by atoms with van der Waals surface area (Å²) in [6.45, 7) is 0. The molecule has 2 aromatic carbocycles. The van der Waals surface area contributed by atoms with E-state index >= 15 is 0 Å². The summed E-state index contributed by atoms with van der Waals surface area (Å²) in [5, 5.41) is 16.2. The number of halogens is 1. The zero-order valence-electron chi connectivity index (χ0n) is 15.4. The van der Waals surface area contributed by atoms with Gasteiger partial charge in [-0.15, -0.1) is 0 Å². The van der Waals surface area contributed by atoms with Gasteiger partial charge in [0.25, 0.3) is 17.5 Å². The first-order valence-corrected chi connectivity index (χ1v) is 9.66. The molecule has 1 aliphatic carbocycles. The highest BCUT2D eigenvalue weighted by Gasteiger charge is 2.36. The topological polar surface area (TPSA) is 111 Å². The third kappa shape index (κ3) is 5.00. The average Bonchev–Trinajstić information content (AvgIpc) is 3.42. The van der Waals surface area contributed by atoms with Crippen LogP contribution in [0.4, 0.5) is 5.69 Å². The molecule has 150 valence electrons. The summed E-state index contributed by atoms with van der Waals surface area (Å²) in [4.78, 5) is 35.7. The van der Waals surface area contributed by atoms with Crippen molar-refractivity contribution in [2.75, 3.05) is 7.11 Å². The fourth-order valence-electron chi connectivity index (χ4n) is 2.65. The summed E-state index contributed by atoms with van der Waals surface area (Å²) in [5.74, 6) is -0.347. The first-order valence-electron chi connectivity index (χ1n) is 8.74. The monoisotopic (exact) mass is 459 g/mol. The van der Waals surface area contributed by atoms with Crippen molar-refractivity contribution >= 4 is 39.0 Å². The normalized spacial score (nSPS) is 17.9. The number of carbonyl (C=O) groups is 2. The first-order chi connectivity index (χ1) is 13.9. The number of nitro groups is 1. The number of amides is 2. The van der Waals surface area contributed by atoms with E-state index in [1.54, 1.807) is 24.3 Å². The Morgan fingerprint density at radius 3 is 2.45 bits per heavy atom. The lowest BCUT2D eigenvalue weighted by Gasteiger charge is -2.13. The lowest BCUT2D eigenvalue weighted by atomic mass is 10.0. The standard InChI is InChI=1S/C20H18BrN3O5/c1-29-18-5-3-2-4-14(18)15(20(26)23-17-10-16(17)21)11-22-19(25)12-6-8-13(9-7-12)24(27)28/h2-9,11,16-17H,10H2,1H3,(H,22,25)(H,23,26). The molecule has 1 aliphatic rings. The Bertz CT molecular complexity index is 974. The van der Waals surface area contributed by atoms with E-state index in [4.69, 9.17) is 4.74 Å². The summed E-state index contributed by atoms with van der Waals surface area (Å²) in [6, 6.07) is 12.2. The Morgan fingerprint density at radius 1 is 1.21 bits per heavy atom. The zero-order valence-corrected chi connectivity index (χ0v) is 17.0. The number of carbonyl (C=O) groups excluding carboxylic acids is 2. The molecule has 3 rings (SSSR count). The summed E-state index contributed by atoms with van der Waals surface area (Å²) >= 11 is 3.44. The van der Waals surface area contributed by atoms with E-state index in [0.717, 1.165) is 6.42 Å². The molecule has 1 fully saturated rings. The molecule has 1 saturated carbocycles. The smallest absolute Gasteiger partial charge is 0.269 e. The molecule has 2 aromatic rings. The van der Waals surface area contributed by atoms with Crippen LogP contribution in [0.5, 0.6) is 5.75 Å². The molecule has 2 unspecified atom stereocenters. The minimum Gasteiger partial charge on any atom is -0.496 e. The quantitative estimate of drug-likeness (QED) is 0.286. The Labute approximate surface area is 175 Å². The van der Waals surface area contributed by atoms with Crippen LogP contribution in [0.25, 0.3) is 5.57 Å². The average molecular weight is 460 g/mol. The van der Waals surface area contributed by atoms with Crippen LogP contribution in [0.2, 0.25) is 0 Å². The molecular formula is C20H18BrN3O5.